The van der Waals surface area contributed by atoms with Crippen LogP contribution in [0.2, 0.25) is 0 Å². The summed E-state index contributed by atoms with van der Waals surface area (Å²) in [6.45, 7) is 9.92. The van der Waals surface area contributed by atoms with E-state index in [4.69, 9.17) is 0 Å². The van der Waals surface area contributed by atoms with E-state index in [0.29, 0.717) is 5.52 Å². The van der Waals surface area contributed by atoms with Crippen LogP contribution in [0.5, 0.6) is 0 Å². The molecule has 1 aliphatic rings. The Morgan fingerprint density at radius 1 is 0.974 bits per heavy atom. The Bertz CT molecular complexity index is 1400. The van der Waals surface area contributed by atoms with Crippen molar-refractivity contribution in [2.24, 2.45) is 13.0 Å². The topological polar surface area (TPSA) is 70.0 Å². The van der Waals surface area contributed by atoms with Crippen LogP contribution in [-0.2, 0) is 25.5 Å². The van der Waals surface area contributed by atoms with Crippen molar-refractivity contribution in [1.82, 2.24) is 14.9 Å². The molecule has 1 saturated heterocycles. The molecule has 1 aliphatic heterocycles. The number of nitrogens with zero attached hydrogens (tertiary/aromatic N) is 1. The Kier molecular flexibility index (Phi) is 8.91. The fourth-order valence-electron chi connectivity index (χ4n) is 5.43. The highest BCUT2D eigenvalue weighted by Gasteiger charge is 2.20. The summed E-state index contributed by atoms with van der Waals surface area (Å²) in [4.78, 5) is 15.8. The van der Waals surface area contributed by atoms with Gasteiger partial charge in [-0.1, -0.05) is 50.2 Å². The number of rotatable bonds is 7. The molecule has 202 valence electrons. The Morgan fingerprint density at radius 2 is 1.66 bits per heavy atom. The minimum absolute atomic E-state index is 0.0426. The first-order valence-electron chi connectivity index (χ1n) is 14.1. The molecule has 3 N–H and O–H groups in total. The number of fused-ring (bicyclic) bond motifs is 1. The predicted octanol–water partition coefficient (Wildman–Crippen LogP) is 6.31. The van der Waals surface area contributed by atoms with Crippen LogP contribution in [-0.4, -0.2) is 27.7 Å². The maximum absolute atomic E-state index is 12.6. The number of pyridine rings is 1. The minimum atomic E-state index is -0.957. The van der Waals surface area contributed by atoms with Gasteiger partial charge in [-0.3, -0.25) is 4.79 Å². The molecule has 1 fully saturated rings. The summed E-state index contributed by atoms with van der Waals surface area (Å²) in [7, 11) is 1.79. The van der Waals surface area contributed by atoms with Crippen LogP contribution >= 0.6 is 0 Å². The van der Waals surface area contributed by atoms with Gasteiger partial charge in [0.1, 0.15) is 5.52 Å². The van der Waals surface area contributed by atoms with Crippen LogP contribution in [0.25, 0.3) is 22.0 Å². The molecule has 0 saturated carbocycles. The summed E-state index contributed by atoms with van der Waals surface area (Å²) >= 11 is 0. The number of aryl methyl sites for hydroxylation is 2. The highest BCUT2D eigenvalue weighted by Crippen LogP contribution is 2.34. The normalized spacial score (nSPS) is 14.4. The van der Waals surface area contributed by atoms with Gasteiger partial charge in [0.05, 0.1) is 5.60 Å². The Morgan fingerprint density at radius 3 is 2.34 bits per heavy atom. The first-order chi connectivity index (χ1) is 18.3. The molecule has 2 aromatic carbocycles. The standard InChI is InChI=1S/C31H37N3O2.C2H6/c1-31(2,36)25-11-10-24(27(19-25)28-20-34(3)30(35)29-26(28)14-17-33-29)18-23-8-6-21(7-9-23)4-5-22-12-15-32-16-13-22;1-2/h6-11,14,17,19-20,22,32-33,36H,4-5,12-13,15-16,18H2,1-3H3;1-2H3. The van der Waals surface area contributed by atoms with E-state index in [1.54, 1.807) is 25.5 Å². The lowest BCUT2D eigenvalue weighted by atomic mass is 9.88. The number of nitrogens with one attached hydrogen (secondary N) is 2. The number of hydrogen-bond acceptors (Lipinski definition) is 3. The molecule has 0 atom stereocenters. The fourth-order valence-corrected chi connectivity index (χ4v) is 5.43. The average molecular weight is 514 g/mol. The van der Waals surface area contributed by atoms with Gasteiger partial charge in [0, 0.05) is 30.4 Å². The van der Waals surface area contributed by atoms with Crippen molar-refractivity contribution in [2.45, 2.75) is 65.4 Å². The van der Waals surface area contributed by atoms with Gasteiger partial charge in [-0.2, -0.15) is 0 Å². The minimum Gasteiger partial charge on any atom is -0.386 e. The maximum Gasteiger partial charge on any atom is 0.274 e. The third-order valence-electron chi connectivity index (χ3n) is 7.72. The quantitative estimate of drug-likeness (QED) is 0.271. The van der Waals surface area contributed by atoms with Gasteiger partial charge in [-0.15, -0.1) is 0 Å². The van der Waals surface area contributed by atoms with E-state index >= 15 is 0 Å². The second-order valence-electron chi connectivity index (χ2n) is 10.9. The van der Waals surface area contributed by atoms with Crippen molar-refractivity contribution >= 4 is 10.9 Å². The van der Waals surface area contributed by atoms with E-state index in [0.717, 1.165) is 53.9 Å². The van der Waals surface area contributed by atoms with Crippen molar-refractivity contribution in [2.75, 3.05) is 13.1 Å². The highest BCUT2D eigenvalue weighted by molar-refractivity contribution is 5.95. The van der Waals surface area contributed by atoms with Crippen molar-refractivity contribution in [3.63, 3.8) is 0 Å². The summed E-state index contributed by atoms with van der Waals surface area (Å²) in [6, 6.07) is 17.2. The van der Waals surface area contributed by atoms with Crippen molar-refractivity contribution in [3.8, 4) is 11.1 Å². The molecule has 4 aromatic rings. The number of piperidine rings is 1. The lowest BCUT2D eigenvalue weighted by Crippen LogP contribution is -2.27. The molecule has 0 radical (unpaired) electrons. The van der Waals surface area contributed by atoms with Crippen LogP contribution in [0.15, 0.2) is 65.7 Å². The first-order valence-corrected chi connectivity index (χ1v) is 14.1. The van der Waals surface area contributed by atoms with Gasteiger partial charge in [-0.05, 0) is 105 Å². The zero-order valence-electron chi connectivity index (χ0n) is 23.6. The van der Waals surface area contributed by atoms with Gasteiger partial charge >= 0.3 is 0 Å². The Balaban J connectivity index is 0.00000164. The fraction of sp³-hybridized carbons (Fsp3) is 0.424. The smallest absolute Gasteiger partial charge is 0.274 e. The van der Waals surface area contributed by atoms with E-state index in [2.05, 4.69) is 46.7 Å². The van der Waals surface area contributed by atoms with Crippen LogP contribution in [0, 0.1) is 5.92 Å². The summed E-state index contributed by atoms with van der Waals surface area (Å²) in [5.41, 5.74) is 6.33. The van der Waals surface area contributed by atoms with E-state index in [9.17, 15) is 9.90 Å². The van der Waals surface area contributed by atoms with E-state index in [-0.39, 0.29) is 5.56 Å². The molecule has 0 aliphatic carbocycles. The van der Waals surface area contributed by atoms with E-state index < -0.39 is 5.60 Å². The Hall–Kier alpha value is -3.15. The molecule has 5 nitrogen and oxygen atoms in total. The van der Waals surface area contributed by atoms with Gasteiger partial charge < -0.3 is 20.0 Å². The lowest BCUT2D eigenvalue weighted by molar-refractivity contribution is 0.0786. The molecule has 0 bridgehead atoms. The van der Waals surface area contributed by atoms with Gasteiger partial charge in [0.2, 0.25) is 0 Å². The summed E-state index contributed by atoms with van der Waals surface area (Å²) < 4.78 is 1.63. The highest BCUT2D eigenvalue weighted by atomic mass is 16.3. The molecular weight excluding hydrogens is 470 g/mol. The third kappa shape index (κ3) is 6.28. The number of benzene rings is 2. The first kappa shape index (κ1) is 27.9. The van der Waals surface area contributed by atoms with Gasteiger partial charge in [0.15, 0.2) is 0 Å². The molecule has 2 aromatic heterocycles. The van der Waals surface area contributed by atoms with Crippen LogP contribution < -0.4 is 10.9 Å². The second kappa shape index (κ2) is 12.1. The number of H-pyrrole nitrogens is 1. The lowest BCUT2D eigenvalue weighted by Gasteiger charge is -2.22. The zero-order chi connectivity index (χ0) is 27.3. The van der Waals surface area contributed by atoms with Gasteiger partial charge in [-0.25, -0.2) is 0 Å². The predicted molar refractivity (Wildman–Crippen MR) is 159 cm³/mol. The molecule has 0 spiro atoms. The monoisotopic (exact) mass is 513 g/mol. The molecule has 5 rings (SSSR count). The number of hydrogen-bond donors (Lipinski definition) is 3. The second-order valence-corrected chi connectivity index (χ2v) is 10.9. The Labute approximate surface area is 226 Å². The number of aromatic nitrogens is 2. The van der Waals surface area contributed by atoms with E-state index in [1.165, 1.54) is 36.0 Å². The molecule has 3 heterocycles. The SMILES string of the molecule is CC.Cn1cc(-c2cc(C(C)(C)O)ccc2Cc2ccc(CCC3CCNCC3)cc2)c2cc[nH]c2c1=O. The summed E-state index contributed by atoms with van der Waals surface area (Å²) in [5, 5.41) is 15.1. The van der Waals surface area contributed by atoms with E-state index in [1.807, 2.05) is 38.4 Å². The largest absolute Gasteiger partial charge is 0.386 e. The zero-order valence-corrected chi connectivity index (χ0v) is 23.6. The van der Waals surface area contributed by atoms with Crippen LogP contribution in [0.1, 0.15) is 69.2 Å². The summed E-state index contributed by atoms with van der Waals surface area (Å²) in [6.07, 6.45) is 9.50. The summed E-state index contributed by atoms with van der Waals surface area (Å²) in [5.74, 6) is 0.842. The molecule has 5 heteroatoms. The van der Waals surface area contributed by atoms with Crippen molar-refractivity contribution < 1.29 is 5.11 Å². The van der Waals surface area contributed by atoms with Crippen molar-refractivity contribution in [1.29, 1.82) is 0 Å². The molecular formula is C33H43N3O2. The number of aromatic amines is 1. The molecule has 38 heavy (non-hydrogen) atoms. The van der Waals surface area contributed by atoms with Crippen LogP contribution in [0.3, 0.4) is 0 Å². The molecule has 0 amide bonds. The number of aliphatic hydroxyl groups is 1. The molecule has 0 unspecified atom stereocenters. The average Bonchev–Trinajstić information content (AvgIpc) is 3.42. The third-order valence-corrected chi connectivity index (χ3v) is 7.72. The maximum atomic E-state index is 12.6. The van der Waals surface area contributed by atoms with Crippen LogP contribution in [0.4, 0.5) is 0 Å². The van der Waals surface area contributed by atoms with Crippen molar-refractivity contribution in [3.05, 3.63) is 93.5 Å². The van der Waals surface area contributed by atoms with Gasteiger partial charge in [0.25, 0.3) is 5.56 Å².